The van der Waals surface area contributed by atoms with Crippen LogP contribution in [0.5, 0.6) is 11.5 Å². The number of nitrogens with zero attached hydrogens (tertiary/aromatic N) is 1. The number of hydrogen-bond acceptors (Lipinski definition) is 3. The van der Waals surface area contributed by atoms with E-state index >= 15 is 0 Å². The standard InChI is InChI=1S/C33H33NO2/c1-4-12-26(13-5-1)31(27-14-6-2-7-15-27)32-33(28-19-21-34(32)22-20-28)35-24-25-11-10-18-30(23-25)36-29-16-8-3-9-17-29/h1-18,23,28,31-33H,19-22,24H2/t32-,33-/m1/s1. The van der Waals surface area contributed by atoms with E-state index in [-0.39, 0.29) is 12.0 Å². The fourth-order valence-electron chi connectivity index (χ4n) is 6.09. The molecular weight excluding hydrogens is 442 g/mol. The largest absolute Gasteiger partial charge is 0.457 e. The molecule has 3 saturated heterocycles. The zero-order valence-corrected chi connectivity index (χ0v) is 20.6. The second kappa shape index (κ2) is 10.7. The highest BCUT2D eigenvalue weighted by Gasteiger charge is 2.47. The monoisotopic (exact) mass is 475 g/mol. The van der Waals surface area contributed by atoms with Gasteiger partial charge in [0.05, 0.1) is 12.7 Å². The molecule has 0 amide bonds. The lowest BCUT2D eigenvalue weighted by molar-refractivity contribution is -0.120. The molecule has 3 heteroatoms. The summed E-state index contributed by atoms with van der Waals surface area (Å²) in [6.07, 6.45) is 2.63. The Morgan fingerprint density at radius 3 is 1.89 bits per heavy atom. The molecule has 0 spiro atoms. The van der Waals surface area contributed by atoms with Gasteiger partial charge in [-0.15, -0.1) is 0 Å². The smallest absolute Gasteiger partial charge is 0.127 e. The van der Waals surface area contributed by atoms with Crippen LogP contribution in [0, 0.1) is 5.92 Å². The fraction of sp³-hybridized carbons (Fsp3) is 0.273. The van der Waals surface area contributed by atoms with Gasteiger partial charge >= 0.3 is 0 Å². The molecule has 0 aromatic heterocycles. The molecule has 4 aromatic rings. The minimum atomic E-state index is 0.191. The van der Waals surface area contributed by atoms with E-state index in [1.165, 1.54) is 24.0 Å². The van der Waals surface area contributed by atoms with Crippen LogP contribution in [0.15, 0.2) is 115 Å². The summed E-state index contributed by atoms with van der Waals surface area (Å²) in [7, 11) is 0. The van der Waals surface area contributed by atoms with Crippen molar-refractivity contribution in [1.82, 2.24) is 4.90 Å². The van der Waals surface area contributed by atoms with Crippen molar-refractivity contribution in [3.63, 3.8) is 0 Å². The first-order valence-electron chi connectivity index (χ1n) is 13.1. The van der Waals surface area contributed by atoms with Crippen LogP contribution >= 0.6 is 0 Å². The van der Waals surface area contributed by atoms with E-state index in [0.29, 0.717) is 18.6 Å². The van der Waals surface area contributed by atoms with Crippen molar-refractivity contribution >= 4 is 0 Å². The van der Waals surface area contributed by atoms with Gasteiger partial charge in [0.25, 0.3) is 0 Å². The Morgan fingerprint density at radius 1 is 0.667 bits per heavy atom. The second-order valence-electron chi connectivity index (χ2n) is 10.0. The van der Waals surface area contributed by atoms with Crippen molar-refractivity contribution < 1.29 is 9.47 Å². The van der Waals surface area contributed by atoms with E-state index < -0.39 is 0 Å². The summed E-state index contributed by atoms with van der Waals surface area (Å²) in [5.74, 6) is 2.58. The molecule has 4 aromatic carbocycles. The fourth-order valence-corrected chi connectivity index (χ4v) is 6.09. The van der Waals surface area contributed by atoms with E-state index in [2.05, 4.69) is 83.8 Å². The van der Waals surface area contributed by atoms with E-state index in [9.17, 15) is 0 Å². The van der Waals surface area contributed by atoms with Crippen LogP contribution in [0.1, 0.15) is 35.4 Å². The number of rotatable bonds is 8. The SMILES string of the molecule is c1ccc(Oc2cccc(CO[C@@H]3C4CCN(CC4)[C@@H]3C(c3ccccc3)c3ccccc3)c2)cc1. The molecule has 3 heterocycles. The van der Waals surface area contributed by atoms with Crippen LogP contribution < -0.4 is 4.74 Å². The molecule has 0 radical (unpaired) electrons. The van der Waals surface area contributed by atoms with Gasteiger partial charge in [-0.3, -0.25) is 4.90 Å². The van der Waals surface area contributed by atoms with Gasteiger partial charge in [0.15, 0.2) is 0 Å². The van der Waals surface area contributed by atoms with E-state index in [1.54, 1.807) is 0 Å². The summed E-state index contributed by atoms with van der Waals surface area (Å²) in [4.78, 5) is 2.68. The lowest BCUT2D eigenvalue weighted by atomic mass is 9.72. The molecular formula is C33H33NO2. The summed E-state index contributed by atoms with van der Waals surface area (Å²) in [5, 5.41) is 0. The van der Waals surface area contributed by atoms with Crippen molar-refractivity contribution in [3.8, 4) is 11.5 Å². The maximum absolute atomic E-state index is 6.85. The highest BCUT2D eigenvalue weighted by atomic mass is 16.5. The molecule has 2 atom stereocenters. The van der Waals surface area contributed by atoms with E-state index in [4.69, 9.17) is 9.47 Å². The number of benzene rings is 4. The highest BCUT2D eigenvalue weighted by molar-refractivity contribution is 5.36. The molecule has 0 unspecified atom stereocenters. The van der Waals surface area contributed by atoms with E-state index in [1.807, 2.05) is 36.4 Å². The lowest BCUT2D eigenvalue weighted by Gasteiger charge is -2.53. The Kier molecular flexibility index (Phi) is 6.84. The van der Waals surface area contributed by atoms with Crippen LogP contribution in [-0.4, -0.2) is 30.1 Å². The van der Waals surface area contributed by atoms with Crippen molar-refractivity contribution in [2.45, 2.75) is 37.5 Å². The van der Waals surface area contributed by atoms with Gasteiger partial charge in [0, 0.05) is 12.0 Å². The Hall–Kier alpha value is -3.40. The van der Waals surface area contributed by atoms with Crippen LogP contribution in [0.4, 0.5) is 0 Å². The van der Waals surface area contributed by atoms with Crippen molar-refractivity contribution in [2.75, 3.05) is 13.1 Å². The summed E-state index contributed by atoms with van der Waals surface area (Å²) in [6, 6.07) is 40.6. The molecule has 3 aliphatic rings. The Morgan fingerprint density at radius 2 is 1.25 bits per heavy atom. The third-order valence-corrected chi connectivity index (χ3v) is 7.78. The van der Waals surface area contributed by atoms with Crippen LogP contribution in [0.25, 0.3) is 0 Å². The average Bonchev–Trinajstić information content (AvgIpc) is 2.95. The minimum absolute atomic E-state index is 0.191. The number of fused-ring (bicyclic) bond motifs is 3. The van der Waals surface area contributed by atoms with Gasteiger partial charge in [0.1, 0.15) is 11.5 Å². The van der Waals surface area contributed by atoms with E-state index in [0.717, 1.165) is 30.2 Å². The molecule has 7 rings (SSSR count). The predicted octanol–water partition coefficient (Wildman–Crippen LogP) is 7.29. The molecule has 0 N–H and O–H groups in total. The first kappa shape index (κ1) is 23.0. The first-order valence-corrected chi connectivity index (χ1v) is 13.1. The van der Waals surface area contributed by atoms with Gasteiger partial charge in [-0.2, -0.15) is 0 Å². The zero-order chi connectivity index (χ0) is 24.2. The second-order valence-corrected chi connectivity index (χ2v) is 10.0. The van der Waals surface area contributed by atoms with Gasteiger partial charge < -0.3 is 9.47 Å². The number of para-hydroxylation sites is 1. The van der Waals surface area contributed by atoms with Gasteiger partial charge in [-0.25, -0.2) is 0 Å². The molecule has 2 bridgehead atoms. The van der Waals surface area contributed by atoms with Gasteiger partial charge in [-0.05, 0) is 72.8 Å². The molecule has 0 aliphatic carbocycles. The highest BCUT2D eigenvalue weighted by Crippen LogP contribution is 2.43. The van der Waals surface area contributed by atoms with Gasteiger partial charge in [-0.1, -0.05) is 91.0 Å². The van der Waals surface area contributed by atoms with Crippen molar-refractivity contribution in [1.29, 1.82) is 0 Å². The first-order chi connectivity index (χ1) is 17.8. The third kappa shape index (κ3) is 4.95. The summed E-state index contributed by atoms with van der Waals surface area (Å²) in [5.41, 5.74) is 3.89. The Bertz CT molecular complexity index is 1200. The summed E-state index contributed by atoms with van der Waals surface area (Å²) < 4.78 is 12.9. The third-order valence-electron chi connectivity index (χ3n) is 7.78. The maximum Gasteiger partial charge on any atom is 0.127 e. The van der Waals surface area contributed by atoms with Crippen LogP contribution in [-0.2, 0) is 11.3 Å². The Labute approximate surface area is 214 Å². The molecule has 36 heavy (non-hydrogen) atoms. The molecule has 3 fully saturated rings. The molecule has 0 saturated carbocycles. The van der Waals surface area contributed by atoms with Crippen molar-refractivity contribution in [2.24, 2.45) is 5.92 Å². The number of ether oxygens (including phenoxy) is 2. The topological polar surface area (TPSA) is 21.7 Å². The minimum Gasteiger partial charge on any atom is -0.457 e. The quantitative estimate of drug-likeness (QED) is 0.267. The lowest BCUT2D eigenvalue weighted by Crippen LogP contribution is -2.60. The van der Waals surface area contributed by atoms with Gasteiger partial charge in [0.2, 0.25) is 0 Å². The number of hydrogen-bond donors (Lipinski definition) is 0. The van der Waals surface area contributed by atoms with Crippen LogP contribution in [0.3, 0.4) is 0 Å². The normalized spacial score (nSPS) is 23.0. The summed E-state index contributed by atoms with van der Waals surface area (Å²) in [6.45, 7) is 2.91. The summed E-state index contributed by atoms with van der Waals surface area (Å²) >= 11 is 0. The predicted molar refractivity (Wildman–Crippen MR) is 144 cm³/mol. The Balaban J connectivity index is 1.26. The maximum atomic E-state index is 6.85. The zero-order valence-electron chi connectivity index (χ0n) is 20.6. The molecule has 3 aliphatic heterocycles. The number of piperidine rings is 3. The average molecular weight is 476 g/mol. The molecule has 182 valence electrons. The molecule has 3 nitrogen and oxygen atoms in total. The van der Waals surface area contributed by atoms with Crippen molar-refractivity contribution in [3.05, 3.63) is 132 Å². The van der Waals surface area contributed by atoms with Crippen LogP contribution in [0.2, 0.25) is 0 Å².